The van der Waals surface area contributed by atoms with Crippen molar-refractivity contribution in [2.45, 2.75) is 26.2 Å². The van der Waals surface area contributed by atoms with Crippen molar-refractivity contribution in [3.8, 4) is 0 Å². The Bertz CT molecular complexity index is 482. The number of anilines is 1. The van der Waals surface area contributed by atoms with Crippen LogP contribution in [0.2, 0.25) is 0 Å². The molecule has 0 aromatic heterocycles. The van der Waals surface area contributed by atoms with Crippen molar-refractivity contribution in [2.24, 2.45) is 5.92 Å². The number of carboxylic acids is 1. The van der Waals surface area contributed by atoms with Crippen LogP contribution in [-0.4, -0.2) is 17.0 Å². The van der Waals surface area contributed by atoms with Gasteiger partial charge in [-0.15, -0.1) is 0 Å². The van der Waals surface area contributed by atoms with Crippen LogP contribution in [0.5, 0.6) is 0 Å². The van der Waals surface area contributed by atoms with Gasteiger partial charge in [0.2, 0.25) is 5.91 Å². The predicted molar refractivity (Wildman–Crippen MR) is 64.0 cm³/mol. The molecule has 0 fully saturated rings. The first-order valence-corrected chi connectivity index (χ1v) is 5.63. The Hall–Kier alpha value is -1.84. The summed E-state index contributed by atoms with van der Waals surface area (Å²) in [5.74, 6) is -1.81. The number of hydrogen-bond donors (Lipinski definition) is 2. The second kappa shape index (κ2) is 4.20. The lowest BCUT2D eigenvalue weighted by Gasteiger charge is -2.11. The fourth-order valence-electron chi connectivity index (χ4n) is 2.13. The van der Waals surface area contributed by atoms with Crippen LogP contribution in [0.3, 0.4) is 0 Å². The summed E-state index contributed by atoms with van der Waals surface area (Å²) in [5, 5.41) is 11.7. The van der Waals surface area contributed by atoms with Crippen molar-refractivity contribution in [3.05, 3.63) is 29.3 Å². The Morgan fingerprint density at radius 3 is 2.88 bits per heavy atom. The smallest absolute Gasteiger partial charge is 0.306 e. The normalized spacial score (nSPS) is 19.6. The standard InChI is InChI=1S/C13H15NO3/c1-7-3-4-9-10(6-8(2)13(16)17)12(15)14-11(9)5-7/h3-5,8,10H,6H2,1-2H3,(H,14,15)(H,16,17). The average molecular weight is 233 g/mol. The Labute approximate surface area is 99.6 Å². The number of nitrogens with one attached hydrogen (secondary N) is 1. The van der Waals surface area contributed by atoms with Crippen molar-refractivity contribution in [3.63, 3.8) is 0 Å². The average Bonchev–Trinajstić information content (AvgIpc) is 2.54. The molecule has 0 spiro atoms. The number of amides is 1. The van der Waals surface area contributed by atoms with Crippen molar-refractivity contribution < 1.29 is 14.7 Å². The molecule has 90 valence electrons. The number of aliphatic carboxylic acids is 1. The third-order valence-electron chi connectivity index (χ3n) is 3.17. The number of carboxylic acid groups (broad SMARTS) is 1. The maximum atomic E-state index is 11.8. The van der Waals surface area contributed by atoms with Gasteiger partial charge in [-0.3, -0.25) is 9.59 Å². The molecule has 0 bridgehead atoms. The predicted octanol–water partition coefficient (Wildman–Crippen LogP) is 2.14. The molecule has 4 heteroatoms. The van der Waals surface area contributed by atoms with Gasteiger partial charge in [-0.25, -0.2) is 0 Å². The van der Waals surface area contributed by atoms with E-state index in [0.717, 1.165) is 16.8 Å². The first-order valence-electron chi connectivity index (χ1n) is 5.63. The fraction of sp³-hybridized carbons (Fsp3) is 0.385. The molecule has 0 saturated heterocycles. The fourth-order valence-corrected chi connectivity index (χ4v) is 2.13. The Kier molecular flexibility index (Phi) is 2.88. The minimum Gasteiger partial charge on any atom is -0.481 e. The number of fused-ring (bicyclic) bond motifs is 1. The third-order valence-corrected chi connectivity index (χ3v) is 3.17. The van der Waals surface area contributed by atoms with E-state index in [1.165, 1.54) is 0 Å². The summed E-state index contributed by atoms with van der Waals surface area (Å²) in [5.41, 5.74) is 2.81. The molecule has 1 aromatic rings. The van der Waals surface area contributed by atoms with Crippen LogP contribution in [0.15, 0.2) is 18.2 Å². The number of carbonyl (C=O) groups is 2. The first kappa shape index (κ1) is 11.6. The Morgan fingerprint density at radius 2 is 2.24 bits per heavy atom. The van der Waals surface area contributed by atoms with Crippen molar-refractivity contribution in [1.82, 2.24) is 0 Å². The zero-order valence-electron chi connectivity index (χ0n) is 9.86. The number of rotatable bonds is 3. The van der Waals surface area contributed by atoms with Crippen LogP contribution >= 0.6 is 0 Å². The van der Waals surface area contributed by atoms with Gasteiger partial charge in [0.15, 0.2) is 0 Å². The molecule has 1 aliphatic heterocycles. The van der Waals surface area contributed by atoms with Gasteiger partial charge in [-0.05, 0) is 30.5 Å². The van der Waals surface area contributed by atoms with Crippen LogP contribution in [0.1, 0.15) is 30.4 Å². The molecule has 17 heavy (non-hydrogen) atoms. The highest BCUT2D eigenvalue weighted by Crippen LogP contribution is 2.36. The van der Waals surface area contributed by atoms with E-state index in [9.17, 15) is 9.59 Å². The number of carbonyl (C=O) groups excluding carboxylic acids is 1. The molecule has 1 aliphatic rings. The summed E-state index contributed by atoms with van der Waals surface area (Å²) in [4.78, 5) is 22.6. The van der Waals surface area contributed by atoms with Crippen LogP contribution < -0.4 is 5.32 Å². The molecule has 2 N–H and O–H groups in total. The van der Waals surface area contributed by atoms with Gasteiger partial charge in [0.25, 0.3) is 0 Å². The van der Waals surface area contributed by atoms with E-state index in [-0.39, 0.29) is 11.8 Å². The summed E-state index contributed by atoms with van der Waals surface area (Å²) in [6.45, 7) is 3.58. The van der Waals surface area contributed by atoms with E-state index in [2.05, 4.69) is 5.32 Å². The Morgan fingerprint density at radius 1 is 1.53 bits per heavy atom. The lowest BCUT2D eigenvalue weighted by atomic mass is 9.90. The van der Waals surface area contributed by atoms with E-state index in [1.54, 1.807) is 6.92 Å². The van der Waals surface area contributed by atoms with Crippen LogP contribution in [0.4, 0.5) is 5.69 Å². The maximum Gasteiger partial charge on any atom is 0.306 e. The minimum atomic E-state index is -0.863. The van der Waals surface area contributed by atoms with Gasteiger partial charge in [0.1, 0.15) is 0 Å². The summed E-state index contributed by atoms with van der Waals surface area (Å²) in [7, 11) is 0. The molecule has 0 saturated carbocycles. The quantitative estimate of drug-likeness (QED) is 0.840. The van der Waals surface area contributed by atoms with Crippen LogP contribution in [0, 0.1) is 12.8 Å². The van der Waals surface area contributed by atoms with E-state index < -0.39 is 11.9 Å². The number of hydrogen-bond acceptors (Lipinski definition) is 2. The molecule has 0 radical (unpaired) electrons. The second-order valence-electron chi connectivity index (χ2n) is 4.61. The molecule has 1 amide bonds. The highest BCUT2D eigenvalue weighted by Gasteiger charge is 2.32. The molecule has 1 heterocycles. The SMILES string of the molecule is Cc1ccc2c(c1)NC(=O)C2CC(C)C(=O)O. The second-order valence-corrected chi connectivity index (χ2v) is 4.61. The number of aryl methyl sites for hydroxylation is 1. The monoisotopic (exact) mass is 233 g/mol. The van der Waals surface area contributed by atoms with E-state index in [0.29, 0.717) is 6.42 Å². The van der Waals surface area contributed by atoms with Gasteiger partial charge in [0, 0.05) is 5.69 Å². The van der Waals surface area contributed by atoms with E-state index >= 15 is 0 Å². The molecule has 2 atom stereocenters. The topological polar surface area (TPSA) is 66.4 Å². The molecule has 0 aliphatic carbocycles. The maximum absolute atomic E-state index is 11.8. The summed E-state index contributed by atoms with van der Waals surface area (Å²) in [6, 6.07) is 5.76. The van der Waals surface area contributed by atoms with Gasteiger partial charge in [-0.2, -0.15) is 0 Å². The zero-order valence-corrected chi connectivity index (χ0v) is 9.86. The lowest BCUT2D eigenvalue weighted by molar-refractivity contribution is -0.141. The van der Waals surface area contributed by atoms with Gasteiger partial charge < -0.3 is 10.4 Å². The molecular formula is C13H15NO3. The molecule has 2 unspecified atom stereocenters. The van der Waals surface area contributed by atoms with E-state index in [1.807, 2.05) is 25.1 Å². The van der Waals surface area contributed by atoms with Crippen molar-refractivity contribution >= 4 is 17.6 Å². The van der Waals surface area contributed by atoms with Crippen LogP contribution in [0.25, 0.3) is 0 Å². The largest absolute Gasteiger partial charge is 0.481 e. The van der Waals surface area contributed by atoms with Crippen molar-refractivity contribution in [1.29, 1.82) is 0 Å². The Balaban J connectivity index is 2.26. The summed E-state index contributed by atoms with van der Waals surface area (Å²) >= 11 is 0. The number of benzene rings is 1. The van der Waals surface area contributed by atoms with Gasteiger partial charge in [-0.1, -0.05) is 19.1 Å². The van der Waals surface area contributed by atoms with Gasteiger partial charge >= 0.3 is 5.97 Å². The summed E-state index contributed by atoms with van der Waals surface area (Å²) in [6.07, 6.45) is 0.344. The molecule has 4 nitrogen and oxygen atoms in total. The van der Waals surface area contributed by atoms with Gasteiger partial charge in [0.05, 0.1) is 11.8 Å². The molecule has 1 aromatic carbocycles. The van der Waals surface area contributed by atoms with Crippen LogP contribution in [-0.2, 0) is 9.59 Å². The third kappa shape index (κ3) is 2.16. The molecule has 2 rings (SSSR count). The molecular weight excluding hydrogens is 218 g/mol. The highest BCUT2D eigenvalue weighted by atomic mass is 16.4. The lowest BCUT2D eigenvalue weighted by Crippen LogP contribution is -2.19. The minimum absolute atomic E-state index is 0.0984. The van der Waals surface area contributed by atoms with Crippen molar-refractivity contribution in [2.75, 3.05) is 5.32 Å². The van der Waals surface area contributed by atoms with E-state index in [4.69, 9.17) is 5.11 Å². The summed E-state index contributed by atoms with van der Waals surface area (Å²) < 4.78 is 0. The zero-order chi connectivity index (χ0) is 12.6. The first-order chi connectivity index (χ1) is 7.99. The highest BCUT2D eigenvalue weighted by molar-refractivity contribution is 6.03.